The maximum atomic E-state index is 2.73. The van der Waals surface area contributed by atoms with Gasteiger partial charge in [0.25, 0.3) is 0 Å². The molecule has 0 bridgehead atoms. The third-order valence-electron chi connectivity index (χ3n) is 5.14. The van der Waals surface area contributed by atoms with E-state index < -0.39 is 0 Å². The van der Waals surface area contributed by atoms with Gasteiger partial charge in [0.2, 0.25) is 0 Å². The Bertz CT molecular complexity index is 248. The van der Waals surface area contributed by atoms with Crippen molar-refractivity contribution in [3.05, 3.63) is 0 Å². The number of nitrogens with zero attached hydrogens (tertiary/aromatic N) is 2. The quantitative estimate of drug-likeness (QED) is 0.257. The van der Waals surface area contributed by atoms with E-state index in [1.807, 2.05) is 0 Å². The van der Waals surface area contributed by atoms with Gasteiger partial charge >= 0.3 is 0 Å². The molecule has 0 spiro atoms. The van der Waals surface area contributed by atoms with Crippen LogP contribution in [-0.4, -0.2) is 40.1 Å². The lowest BCUT2D eigenvalue weighted by molar-refractivity contribution is -0.0404. The van der Waals surface area contributed by atoms with Crippen molar-refractivity contribution in [1.29, 1.82) is 0 Å². The van der Waals surface area contributed by atoms with Gasteiger partial charge in [0.15, 0.2) is 0 Å². The van der Waals surface area contributed by atoms with E-state index in [-0.39, 0.29) is 0 Å². The van der Waals surface area contributed by atoms with Crippen molar-refractivity contribution in [3.8, 4) is 0 Å². The fraction of sp³-hybridized carbons (Fsp3) is 1.00. The molecule has 0 rings (SSSR count). The van der Waals surface area contributed by atoms with Gasteiger partial charge < -0.3 is 0 Å². The Hall–Kier alpha value is -0.0800. The molecule has 0 aliphatic carbocycles. The van der Waals surface area contributed by atoms with Gasteiger partial charge in [0.1, 0.15) is 0 Å². The number of hydrogen-bond acceptors (Lipinski definition) is 2. The highest BCUT2D eigenvalue weighted by Gasteiger charge is 2.31. The van der Waals surface area contributed by atoms with Crippen molar-refractivity contribution in [2.75, 3.05) is 0 Å². The lowest BCUT2D eigenvalue weighted by atomic mass is 10.0. The first-order chi connectivity index (χ1) is 11.2. The summed E-state index contributed by atoms with van der Waals surface area (Å²) in [6.45, 7) is 21.2. The van der Waals surface area contributed by atoms with Gasteiger partial charge in [0.05, 0.1) is 6.17 Å². The molecule has 0 fully saturated rings. The molecular weight excluding hydrogens is 292 g/mol. The largest absolute Gasteiger partial charge is 0.283 e. The molecule has 2 heteroatoms. The van der Waals surface area contributed by atoms with Crippen LogP contribution in [-0.2, 0) is 0 Å². The molecule has 0 amide bonds. The van der Waals surface area contributed by atoms with Crippen LogP contribution in [0.1, 0.15) is 114 Å². The molecule has 0 aromatic heterocycles. The molecule has 0 aliphatic rings. The number of rotatable bonds is 14. The van der Waals surface area contributed by atoms with E-state index in [2.05, 4.69) is 72.1 Å². The molecule has 0 saturated carbocycles. The van der Waals surface area contributed by atoms with Crippen LogP contribution in [0, 0.1) is 0 Å². The summed E-state index contributed by atoms with van der Waals surface area (Å²) in [5, 5.41) is 0. The maximum Gasteiger partial charge on any atom is 0.0631 e. The van der Waals surface area contributed by atoms with E-state index in [9.17, 15) is 0 Å². The Kier molecular flexibility index (Phi) is 13.1. The van der Waals surface area contributed by atoms with Gasteiger partial charge in [-0.05, 0) is 61.8 Å². The van der Waals surface area contributed by atoms with Crippen LogP contribution in [0.15, 0.2) is 0 Å². The zero-order valence-corrected chi connectivity index (χ0v) is 18.4. The molecule has 0 N–H and O–H groups in total. The molecule has 0 radical (unpaired) electrons. The van der Waals surface area contributed by atoms with Gasteiger partial charge in [-0.1, -0.05) is 51.9 Å². The van der Waals surface area contributed by atoms with E-state index in [1.54, 1.807) is 0 Å². The Morgan fingerprint density at radius 1 is 0.500 bits per heavy atom. The third-order valence-corrected chi connectivity index (χ3v) is 5.14. The molecule has 0 unspecified atom stereocenters. The molecule has 0 aliphatic heterocycles. The second-order valence-corrected chi connectivity index (χ2v) is 8.66. The van der Waals surface area contributed by atoms with Gasteiger partial charge in [-0.3, -0.25) is 9.80 Å². The summed E-state index contributed by atoms with van der Waals surface area (Å²) in [6, 6.07) is 2.39. The maximum absolute atomic E-state index is 2.73. The van der Waals surface area contributed by atoms with Crippen LogP contribution in [0.3, 0.4) is 0 Å². The van der Waals surface area contributed by atoms with Gasteiger partial charge in [-0.2, -0.15) is 0 Å². The van der Waals surface area contributed by atoms with Crippen molar-refractivity contribution in [1.82, 2.24) is 9.80 Å². The highest BCUT2D eigenvalue weighted by atomic mass is 15.4. The summed E-state index contributed by atoms with van der Waals surface area (Å²) in [5.74, 6) is 0. The third kappa shape index (κ3) is 8.85. The zero-order chi connectivity index (χ0) is 18.7. The molecule has 0 aromatic carbocycles. The van der Waals surface area contributed by atoms with Gasteiger partial charge in [-0.25, -0.2) is 0 Å². The average molecular weight is 341 g/mol. The predicted octanol–water partition coefficient (Wildman–Crippen LogP) is 6.69. The molecule has 0 saturated heterocycles. The standard InChI is InChI=1S/C22H48N2/c1-10-11-12-13-14-15-16-17-22(23(18(2)3)19(4)5)24(20(6)7)21(8)9/h18-22H,10-17H2,1-9H3. The minimum Gasteiger partial charge on any atom is -0.283 e. The van der Waals surface area contributed by atoms with Crippen LogP contribution in [0.2, 0.25) is 0 Å². The summed E-state index contributed by atoms with van der Waals surface area (Å²) < 4.78 is 0. The molecular formula is C22H48N2. The first-order valence-electron chi connectivity index (χ1n) is 10.8. The summed E-state index contributed by atoms with van der Waals surface area (Å²) in [6.07, 6.45) is 11.7. The van der Waals surface area contributed by atoms with Gasteiger partial charge in [-0.15, -0.1) is 0 Å². The minimum atomic E-state index is 0.570. The van der Waals surface area contributed by atoms with E-state index in [0.717, 1.165) is 0 Å². The Balaban J connectivity index is 4.80. The highest BCUT2D eigenvalue weighted by molar-refractivity contribution is 4.82. The van der Waals surface area contributed by atoms with Crippen molar-refractivity contribution in [2.24, 2.45) is 0 Å². The average Bonchev–Trinajstić information content (AvgIpc) is 2.44. The van der Waals surface area contributed by atoms with Crippen LogP contribution in [0.4, 0.5) is 0 Å². The van der Waals surface area contributed by atoms with E-state index >= 15 is 0 Å². The monoisotopic (exact) mass is 340 g/mol. The predicted molar refractivity (Wildman–Crippen MR) is 111 cm³/mol. The molecule has 24 heavy (non-hydrogen) atoms. The lowest BCUT2D eigenvalue weighted by Gasteiger charge is -2.48. The van der Waals surface area contributed by atoms with Crippen LogP contribution >= 0.6 is 0 Å². The smallest absolute Gasteiger partial charge is 0.0631 e. The van der Waals surface area contributed by atoms with Crippen LogP contribution in [0.25, 0.3) is 0 Å². The second-order valence-electron chi connectivity index (χ2n) is 8.66. The minimum absolute atomic E-state index is 0.570. The van der Waals surface area contributed by atoms with Crippen LogP contribution < -0.4 is 0 Å². The SMILES string of the molecule is CCCCCCCCCC(N(C(C)C)C(C)C)N(C(C)C)C(C)C. The van der Waals surface area contributed by atoms with E-state index in [0.29, 0.717) is 30.3 Å². The van der Waals surface area contributed by atoms with Gasteiger partial charge in [0, 0.05) is 24.2 Å². The van der Waals surface area contributed by atoms with E-state index in [1.165, 1.54) is 51.4 Å². The molecule has 146 valence electrons. The highest BCUT2D eigenvalue weighted by Crippen LogP contribution is 2.24. The summed E-state index contributed by atoms with van der Waals surface area (Å²) in [7, 11) is 0. The summed E-state index contributed by atoms with van der Waals surface area (Å²) >= 11 is 0. The normalized spacial score (nSPS) is 13.0. The fourth-order valence-corrected chi connectivity index (χ4v) is 4.31. The lowest BCUT2D eigenvalue weighted by Crippen LogP contribution is -2.57. The summed E-state index contributed by atoms with van der Waals surface area (Å²) in [4.78, 5) is 5.47. The topological polar surface area (TPSA) is 6.48 Å². The van der Waals surface area contributed by atoms with E-state index in [4.69, 9.17) is 0 Å². The second kappa shape index (κ2) is 13.2. The molecule has 0 aromatic rings. The Labute approximate surface area is 154 Å². The number of hydrogen-bond donors (Lipinski definition) is 0. The molecule has 2 nitrogen and oxygen atoms in total. The first kappa shape index (κ1) is 23.9. The fourth-order valence-electron chi connectivity index (χ4n) is 4.31. The molecule has 0 atom stereocenters. The van der Waals surface area contributed by atoms with Crippen molar-refractivity contribution < 1.29 is 0 Å². The first-order valence-corrected chi connectivity index (χ1v) is 10.8. The number of unbranched alkanes of at least 4 members (excludes halogenated alkanes) is 6. The Morgan fingerprint density at radius 2 is 0.833 bits per heavy atom. The summed E-state index contributed by atoms with van der Waals surface area (Å²) in [5.41, 5.74) is 0. The molecule has 0 heterocycles. The zero-order valence-electron chi connectivity index (χ0n) is 18.4. The van der Waals surface area contributed by atoms with Crippen molar-refractivity contribution in [3.63, 3.8) is 0 Å². The van der Waals surface area contributed by atoms with Crippen LogP contribution in [0.5, 0.6) is 0 Å². The Morgan fingerprint density at radius 3 is 1.17 bits per heavy atom. The van der Waals surface area contributed by atoms with Crippen molar-refractivity contribution in [2.45, 2.75) is 144 Å². The van der Waals surface area contributed by atoms with Crippen molar-refractivity contribution >= 4 is 0 Å².